The van der Waals surface area contributed by atoms with Crippen molar-refractivity contribution in [3.63, 3.8) is 0 Å². The summed E-state index contributed by atoms with van der Waals surface area (Å²) in [5.41, 5.74) is 3.87. The number of carboxylic acid groups (broad SMARTS) is 2. The van der Waals surface area contributed by atoms with Crippen LogP contribution in [0.5, 0.6) is 11.5 Å². The fourth-order valence-corrected chi connectivity index (χ4v) is 9.47. The first kappa shape index (κ1) is 39.7. The summed E-state index contributed by atoms with van der Waals surface area (Å²) < 4.78 is 0.429. The van der Waals surface area contributed by atoms with Crippen LogP contribution in [-0.2, 0) is 28.8 Å². The maximum absolute atomic E-state index is 13.8. The van der Waals surface area contributed by atoms with Gasteiger partial charge in [-0.25, -0.2) is 14.6 Å². The van der Waals surface area contributed by atoms with Gasteiger partial charge in [-0.05, 0) is 38.5 Å². The molecule has 7 N–H and O–H groups in total. The zero-order chi connectivity index (χ0) is 40.1. The molecule has 22 heteroatoms. The minimum absolute atomic E-state index is 0.0136. The Morgan fingerprint density at radius 2 is 1.87 bits per heavy atom. The second-order valence-corrected chi connectivity index (χ2v) is 17.0. The number of nitrogen functional groups attached to an aromatic ring is 1. The molecule has 2 bridgehead atoms. The number of rotatable bonds is 12. The number of fused-ring (bicyclic) bond motifs is 5. The number of anilines is 1. The molecule has 7 rings (SSSR count). The van der Waals surface area contributed by atoms with Gasteiger partial charge in [0.1, 0.15) is 29.4 Å². The van der Waals surface area contributed by atoms with Gasteiger partial charge in [0.15, 0.2) is 28.4 Å². The van der Waals surface area contributed by atoms with Crippen molar-refractivity contribution in [3.8, 4) is 11.5 Å². The number of nitroso groups, excluding NO2 is 1. The summed E-state index contributed by atoms with van der Waals surface area (Å²) >= 11 is 8.28. The van der Waals surface area contributed by atoms with E-state index >= 15 is 0 Å². The first-order chi connectivity index (χ1) is 25.9. The average Bonchev–Trinajstić information content (AvgIpc) is 3.37. The van der Waals surface area contributed by atoms with Crippen LogP contribution in [0, 0.1) is 4.91 Å². The molecule has 0 saturated carbocycles. The van der Waals surface area contributed by atoms with Crippen LogP contribution in [-0.4, -0.2) is 136 Å². The van der Waals surface area contributed by atoms with Crippen LogP contribution in [0.2, 0.25) is 5.02 Å². The number of carbonyl (C=O) groups excluding carboxylic acids is 3. The van der Waals surface area contributed by atoms with E-state index in [4.69, 9.17) is 22.2 Å². The Morgan fingerprint density at radius 3 is 2.45 bits per heavy atom. The van der Waals surface area contributed by atoms with E-state index in [1.165, 1.54) is 37.1 Å². The number of benzene rings is 1. The van der Waals surface area contributed by atoms with E-state index in [0.717, 1.165) is 22.3 Å². The lowest BCUT2D eigenvalue weighted by Gasteiger charge is -2.52. The molecule has 4 atom stereocenters. The van der Waals surface area contributed by atoms with Crippen LogP contribution in [0.1, 0.15) is 50.9 Å². The number of phenolic OH excluding ortho intramolecular Hbond substituents is 2. The van der Waals surface area contributed by atoms with Crippen molar-refractivity contribution in [3.05, 3.63) is 50.0 Å². The third-order valence-electron chi connectivity index (χ3n) is 10.4. The van der Waals surface area contributed by atoms with Crippen LogP contribution < -0.4 is 11.1 Å². The van der Waals surface area contributed by atoms with Crippen molar-refractivity contribution in [2.75, 3.05) is 38.5 Å². The number of nitrogens with one attached hydrogen (secondary N) is 1. The number of aromatic hydroxyl groups is 2. The molecule has 1 aromatic carbocycles. The molecule has 55 heavy (non-hydrogen) atoms. The van der Waals surface area contributed by atoms with E-state index in [9.17, 15) is 49.3 Å². The van der Waals surface area contributed by atoms with Gasteiger partial charge in [0.2, 0.25) is 5.60 Å². The number of thiazole rings is 1. The molecule has 2 aromatic rings. The summed E-state index contributed by atoms with van der Waals surface area (Å²) in [4.78, 5) is 89.3. The average molecular weight is 822 g/mol. The van der Waals surface area contributed by atoms with E-state index in [0.29, 0.717) is 42.5 Å². The summed E-state index contributed by atoms with van der Waals surface area (Å²) in [5, 5.41) is 49.3. The van der Waals surface area contributed by atoms with Crippen LogP contribution in [0.4, 0.5) is 5.13 Å². The number of hydrogen-bond acceptors (Lipinski definition) is 15. The number of quaternary nitrogens is 1. The van der Waals surface area contributed by atoms with E-state index in [2.05, 4.69) is 20.6 Å². The number of carboxylic acids is 2. The Bertz CT molecular complexity index is 2010. The minimum Gasteiger partial charge on any atom is -0.504 e. The molecule has 0 aliphatic carbocycles. The summed E-state index contributed by atoms with van der Waals surface area (Å²) in [6.07, 6.45) is 1.11. The molecule has 5 aliphatic heterocycles. The van der Waals surface area contributed by atoms with Crippen LogP contribution >= 0.6 is 34.7 Å². The van der Waals surface area contributed by atoms with Crippen LogP contribution in [0.25, 0.3) is 0 Å². The van der Waals surface area contributed by atoms with Crippen LogP contribution in [0.15, 0.2) is 39.1 Å². The zero-order valence-corrected chi connectivity index (χ0v) is 32.1. The molecule has 6 heterocycles. The predicted molar refractivity (Wildman–Crippen MR) is 198 cm³/mol. The first-order valence-electron chi connectivity index (χ1n) is 17.0. The number of halogens is 1. The number of nitrogens with two attached hydrogens (primary N) is 1. The van der Waals surface area contributed by atoms with E-state index in [1.807, 2.05) is 6.92 Å². The summed E-state index contributed by atoms with van der Waals surface area (Å²) in [7, 11) is 0. The first-order valence-corrected chi connectivity index (χ1v) is 19.2. The normalized spacial score (nSPS) is 25.7. The fourth-order valence-electron chi connectivity index (χ4n) is 7.26. The molecular formula is C33H38ClN8O11S2+. The molecule has 1 aromatic heterocycles. The van der Waals surface area contributed by atoms with Gasteiger partial charge < -0.3 is 45.7 Å². The molecule has 3 amide bonds. The molecule has 0 radical (unpaired) electrons. The number of β-lactam (4-membered cyclic amide) rings is 1. The predicted octanol–water partition coefficient (Wildman–Crippen LogP) is 1.83. The summed E-state index contributed by atoms with van der Waals surface area (Å²) in [5.74, 6) is -6.01. The maximum Gasteiger partial charge on any atom is 0.352 e. The highest BCUT2D eigenvalue weighted by Gasteiger charge is 2.57. The third-order valence-corrected chi connectivity index (χ3v) is 12.8. The van der Waals surface area contributed by atoms with E-state index < -0.39 is 75.2 Å². The van der Waals surface area contributed by atoms with Crippen molar-refractivity contribution in [1.82, 2.24) is 20.1 Å². The Balaban J connectivity index is 1.20. The molecule has 4 saturated heterocycles. The zero-order valence-electron chi connectivity index (χ0n) is 29.7. The number of hydrogen-bond donors (Lipinski definition) is 6. The van der Waals surface area contributed by atoms with Crippen molar-refractivity contribution in [2.45, 2.75) is 68.0 Å². The summed E-state index contributed by atoms with van der Waals surface area (Å²) in [6, 6.07) is -0.624. The standard InChI is InChI=1S/C33H37ClN8O11S2/c1-14-17(12-42-7-4-16(5-8-42)40(6-9-42)27(46)21(38-52)15-10-18(34)25(44)20(43)11-15)24(30(48)49)41-28(47)23(29(41)55-14)37-26(45)22(19-13-54-32(35)36-19)39-53-33(2,3)31(50)51/h10-11,13-14,16,21,23,29H,4-9,12H2,1-3H3,(H6-,35,36,37,39,43,44,45,48,49,50,51)/p+1/t14-,16?,21?,23+,29+,42?/m0/s1. The Hall–Kier alpha value is -4.99. The van der Waals surface area contributed by atoms with Crippen molar-refractivity contribution in [1.29, 1.82) is 0 Å². The van der Waals surface area contributed by atoms with Crippen molar-refractivity contribution < 1.29 is 53.7 Å². The number of thioether (sulfide) groups is 1. The number of oxime groups is 1. The molecule has 1 unspecified atom stereocenters. The molecule has 4 fully saturated rings. The lowest BCUT2D eigenvalue weighted by Crippen LogP contribution is -2.72. The van der Waals surface area contributed by atoms with E-state index in [-0.39, 0.29) is 46.2 Å². The Morgan fingerprint density at radius 1 is 1.18 bits per heavy atom. The lowest BCUT2D eigenvalue weighted by molar-refractivity contribution is -0.925. The SMILES string of the molecule is C[C@@H]1S[C@@H]2[C@H](NC(=O)C(=NOC(C)(C)C(=O)O)c3csc(N)n3)C(=O)N2C(C(=O)O)=C1C[N+]12CCC(CC1)N(C(=O)C(N=O)c1cc(O)c(O)c(Cl)c1)CC2. The molecule has 0 spiro atoms. The van der Waals surface area contributed by atoms with Gasteiger partial charge >= 0.3 is 11.9 Å². The van der Waals surface area contributed by atoms with Gasteiger partial charge in [-0.3, -0.25) is 19.3 Å². The van der Waals surface area contributed by atoms with Gasteiger partial charge in [0.25, 0.3) is 17.7 Å². The Kier molecular flexibility index (Phi) is 10.8. The second kappa shape index (κ2) is 14.9. The quantitative estimate of drug-likeness (QED) is 0.0445. The smallest absolute Gasteiger partial charge is 0.352 e. The number of aliphatic carboxylic acids is 2. The number of piperidine rings is 1. The van der Waals surface area contributed by atoms with Gasteiger partial charge in [0.05, 0.1) is 31.2 Å². The molecule has 294 valence electrons. The lowest BCUT2D eigenvalue weighted by atomic mass is 9.97. The number of aromatic nitrogens is 1. The van der Waals surface area contributed by atoms with Gasteiger partial charge in [-0.2, -0.15) is 0 Å². The second-order valence-electron chi connectivity index (χ2n) is 14.2. The van der Waals surface area contributed by atoms with Gasteiger partial charge in [0, 0.05) is 35.1 Å². The van der Waals surface area contributed by atoms with Crippen LogP contribution in [0.3, 0.4) is 0 Å². The molecular weight excluding hydrogens is 784 g/mol. The third kappa shape index (κ3) is 7.40. The highest BCUT2D eigenvalue weighted by atomic mass is 35.5. The number of nitrogens with zero attached hydrogens (tertiary/aromatic N) is 6. The minimum atomic E-state index is -1.81. The molecule has 19 nitrogen and oxygen atoms in total. The number of phenols is 2. The topological polar surface area (TPSA) is 275 Å². The monoisotopic (exact) mass is 821 g/mol. The fraction of sp³-hybridized carbons (Fsp3) is 0.485. The van der Waals surface area contributed by atoms with Gasteiger partial charge in [-0.1, -0.05) is 21.9 Å². The van der Waals surface area contributed by atoms with Crippen molar-refractivity contribution >= 4 is 75.2 Å². The Labute approximate surface area is 326 Å². The highest BCUT2D eigenvalue weighted by Crippen LogP contribution is 2.46. The maximum atomic E-state index is 13.8. The highest BCUT2D eigenvalue weighted by molar-refractivity contribution is 8.00. The largest absolute Gasteiger partial charge is 0.504 e. The number of carbonyl (C=O) groups is 5. The van der Waals surface area contributed by atoms with Gasteiger partial charge in [-0.15, -0.1) is 28.0 Å². The number of amides is 3. The molecule has 5 aliphatic rings. The summed E-state index contributed by atoms with van der Waals surface area (Å²) in [6.45, 7) is 6.38. The van der Waals surface area contributed by atoms with Crippen molar-refractivity contribution in [2.24, 2.45) is 10.3 Å². The van der Waals surface area contributed by atoms with E-state index in [1.54, 1.807) is 4.90 Å².